The first-order chi connectivity index (χ1) is 18.4. The third-order valence-corrected chi connectivity index (χ3v) is 10.8. The first-order valence-corrected chi connectivity index (χ1v) is 16.0. The number of hydrogen-bond donors (Lipinski definition) is 0. The van der Waals surface area contributed by atoms with Crippen molar-refractivity contribution in [1.82, 2.24) is 0 Å². The van der Waals surface area contributed by atoms with Crippen LogP contribution in [0, 0.1) is 12.3 Å². The lowest BCUT2D eigenvalue weighted by molar-refractivity contribution is -0.659. The van der Waals surface area contributed by atoms with Gasteiger partial charge in [-0.3, -0.25) is 0 Å². The molecule has 3 fully saturated rings. The monoisotopic (exact) mass is 508 g/mol. The molecule has 1 nitrogen and oxygen atoms in total. The van der Waals surface area contributed by atoms with Gasteiger partial charge in [0.25, 0.3) is 0 Å². The van der Waals surface area contributed by atoms with E-state index in [1.165, 1.54) is 117 Å². The van der Waals surface area contributed by atoms with Gasteiger partial charge in [0.2, 0.25) is 5.69 Å². The summed E-state index contributed by atoms with van der Waals surface area (Å²) < 4.78 is 2.41. The molecule has 0 bridgehead atoms. The number of benzene rings is 2. The van der Waals surface area contributed by atoms with Crippen molar-refractivity contribution in [3.63, 3.8) is 0 Å². The maximum atomic E-state index is 2.67. The molecular weight excluding hydrogens is 458 g/mol. The zero-order chi connectivity index (χ0) is 26.3. The van der Waals surface area contributed by atoms with E-state index in [9.17, 15) is 0 Å². The molecular formula is C37H50N+. The van der Waals surface area contributed by atoms with Crippen LogP contribution in [0.5, 0.6) is 0 Å². The largest absolute Gasteiger partial charge is 0.220 e. The van der Waals surface area contributed by atoms with Crippen molar-refractivity contribution in [3.05, 3.63) is 64.8 Å². The summed E-state index contributed by atoms with van der Waals surface area (Å²) in [7, 11) is 2.26. The van der Waals surface area contributed by atoms with Crippen molar-refractivity contribution in [2.45, 2.75) is 128 Å². The van der Waals surface area contributed by atoms with Crippen molar-refractivity contribution < 1.29 is 4.57 Å². The third-order valence-electron chi connectivity index (χ3n) is 10.8. The van der Waals surface area contributed by atoms with Gasteiger partial charge in [-0.2, -0.15) is 0 Å². The fourth-order valence-corrected chi connectivity index (χ4v) is 8.23. The normalized spacial score (nSPS) is 21.7. The molecule has 0 atom stereocenters. The minimum atomic E-state index is 0.519. The van der Waals surface area contributed by atoms with Crippen molar-refractivity contribution >= 4 is 10.8 Å². The number of rotatable bonds is 4. The van der Waals surface area contributed by atoms with Crippen LogP contribution < -0.4 is 4.57 Å². The average molecular weight is 509 g/mol. The van der Waals surface area contributed by atoms with Crippen molar-refractivity contribution in [1.29, 1.82) is 0 Å². The summed E-state index contributed by atoms with van der Waals surface area (Å²) in [6.07, 6.45) is 21.6. The summed E-state index contributed by atoms with van der Waals surface area (Å²) >= 11 is 0. The molecule has 3 saturated carbocycles. The lowest BCUT2D eigenvalue weighted by Crippen LogP contribution is -2.31. The highest BCUT2D eigenvalue weighted by Crippen LogP contribution is 2.45. The van der Waals surface area contributed by atoms with Crippen molar-refractivity contribution in [2.75, 3.05) is 0 Å². The zero-order valence-corrected chi connectivity index (χ0v) is 24.6. The van der Waals surface area contributed by atoms with Gasteiger partial charge in [-0.15, -0.1) is 0 Å². The van der Waals surface area contributed by atoms with Crippen LogP contribution in [-0.4, -0.2) is 0 Å². The Morgan fingerprint density at radius 3 is 2.00 bits per heavy atom. The first-order valence-electron chi connectivity index (χ1n) is 16.0. The number of aryl methyl sites for hydroxylation is 1. The predicted molar refractivity (Wildman–Crippen MR) is 162 cm³/mol. The van der Waals surface area contributed by atoms with E-state index in [4.69, 9.17) is 0 Å². The SMILES string of the molecule is Cc1c(-c2c3ccc(C4CCC(C)(C)CC4)cc3cc[n+]2C)cc(C2CCCCC2)cc1C1CCCCC1. The highest BCUT2D eigenvalue weighted by molar-refractivity contribution is 5.94. The van der Waals surface area contributed by atoms with E-state index in [0.29, 0.717) is 5.41 Å². The number of hydrogen-bond acceptors (Lipinski definition) is 0. The molecule has 3 aliphatic rings. The van der Waals surface area contributed by atoms with Gasteiger partial charge in [-0.1, -0.05) is 70.6 Å². The van der Waals surface area contributed by atoms with Crippen LogP contribution in [0.3, 0.4) is 0 Å². The molecule has 1 aromatic heterocycles. The van der Waals surface area contributed by atoms with Crippen LogP contribution in [0.1, 0.15) is 144 Å². The minimum Gasteiger partial charge on any atom is -0.200 e. The molecule has 0 unspecified atom stereocenters. The smallest absolute Gasteiger partial charge is 0.200 e. The molecule has 2 aromatic carbocycles. The fraction of sp³-hybridized carbons (Fsp3) is 0.595. The van der Waals surface area contributed by atoms with Crippen LogP contribution >= 0.6 is 0 Å². The Morgan fingerprint density at radius 1 is 0.684 bits per heavy atom. The van der Waals surface area contributed by atoms with E-state index in [-0.39, 0.29) is 0 Å². The van der Waals surface area contributed by atoms with Gasteiger partial charge in [0.1, 0.15) is 7.05 Å². The molecule has 1 heterocycles. The molecule has 0 spiro atoms. The molecule has 202 valence electrons. The average Bonchev–Trinajstić information content (AvgIpc) is 2.94. The minimum absolute atomic E-state index is 0.519. The van der Waals surface area contributed by atoms with Crippen molar-refractivity contribution in [2.24, 2.45) is 12.5 Å². The van der Waals surface area contributed by atoms with E-state index in [2.05, 4.69) is 75.0 Å². The molecule has 3 aliphatic carbocycles. The summed E-state index contributed by atoms with van der Waals surface area (Å²) in [5.74, 6) is 2.21. The molecule has 0 saturated heterocycles. The maximum absolute atomic E-state index is 2.67. The van der Waals surface area contributed by atoms with E-state index in [0.717, 1.165) is 17.8 Å². The Balaban J connectivity index is 1.45. The van der Waals surface area contributed by atoms with Gasteiger partial charge in [0.15, 0.2) is 6.20 Å². The molecule has 0 N–H and O–H groups in total. The van der Waals surface area contributed by atoms with E-state index < -0.39 is 0 Å². The Hall–Kier alpha value is -2.15. The predicted octanol–water partition coefficient (Wildman–Crippen LogP) is 10.4. The Bertz CT molecular complexity index is 1280. The maximum Gasteiger partial charge on any atom is 0.220 e. The quantitative estimate of drug-likeness (QED) is 0.309. The molecule has 0 aliphatic heterocycles. The Labute approximate surface area is 232 Å². The number of aromatic nitrogens is 1. The summed E-state index contributed by atoms with van der Waals surface area (Å²) in [5, 5.41) is 2.84. The van der Waals surface area contributed by atoms with E-state index in [1.807, 2.05) is 0 Å². The molecule has 0 amide bonds. The Kier molecular flexibility index (Phi) is 7.41. The highest BCUT2D eigenvalue weighted by Gasteiger charge is 2.29. The second-order valence-electron chi connectivity index (χ2n) is 14.0. The van der Waals surface area contributed by atoms with Crippen molar-refractivity contribution in [3.8, 4) is 11.3 Å². The lowest BCUT2D eigenvalue weighted by Gasteiger charge is -2.34. The van der Waals surface area contributed by atoms with E-state index in [1.54, 1.807) is 16.7 Å². The fourth-order valence-electron chi connectivity index (χ4n) is 8.23. The highest BCUT2D eigenvalue weighted by atomic mass is 14.9. The summed E-state index contributed by atoms with van der Waals surface area (Å²) in [6.45, 7) is 7.32. The van der Waals surface area contributed by atoms with E-state index >= 15 is 0 Å². The van der Waals surface area contributed by atoms with Gasteiger partial charge in [-0.05, 0) is 121 Å². The summed E-state index contributed by atoms with van der Waals surface area (Å²) in [6, 6.07) is 15.1. The molecule has 38 heavy (non-hydrogen) atoms. The second kappa shape index (κ2) is 10.8. The zero-order valence-electron chi connectivity index (χ0n) is 24.6. The van der Waals surface area contributed by atoms with Crippen LogP contribution in [0.25, 0.3) is 22.0 Å². The molecule has 6 rings (SSSR count). The Morgan fingerprint density at radius 2 is 1.32 bits per heavy atom. The van der Waals surface area contributed by atoms with Crippen LogP contribution in [-0.2, 0) is 7.05 Å². The topological polar surface area (TPSA) is 3.88 Å². The van der Waals surface area contributed by atoms with Gasteiger partial charge in [0, 0.05) is 6.07 Å². The van der Waals surface area contributed by atoms with Gasteiger partial charge in [-0.25, -0.2) is 4.57 Å². The number of fused-ring (bicyclic) bond motifs is 1. The van der Waals surface area contributed by atoms with Gasteiger partial charge in [0.05, 0.1) is 10.9 Å². The van der Waals surface area contributed by atoms with Crippen LogP contribution in [0.2, 0.25) is 0 Å². The lowest BCUT2D eigenvalue weighted by atomic mass is 9.71. The van der Waals surface area contributed by atoms with Crippen LogP contribution in [0.4, 0.5) is 0 Å². The number of nitrogens with zero attached hydrogens (tertiary/aromatic N) is 1. The van der Waals surface area contributed by atoms with Gasteiger partial charge >= 0.3 is 0 Å². The number of pyridine rings is 1. The molecule has 3 aromatic rings. The first kappa shape index (κ1) is 26.1. The summed E-state index contributed by atoms with van der Waals surface area (Å²) in [5.41, 5.74) is 9.83. The summed E-state index contributed by atoms with van der Waals surface area (Å²) in [4.78, 5) is 0. The molecule has 1 heteroatoms. The third kappa shape index (κ3) is 5.20. The standard InChI is InChI=1S/C37H50N/c1-26-34(29-13-9-6-10-14-29)24-32(27-11-7-5-8-12-27)25-35(26)36-33-16-15-30(23-31(33)19-22-38(36)4)28-17-20-37(2,3)21-18-28/h15-16,19,22-25,27-29H,5-14,17-18,20-21H2,1-4H3/q+1. The van der Waals surface area contributed by atoms with Gasteiger partial charge < -0.3 is 0 Å². The second-order valence-corrected chi connectivity index (χ2v) is 14.0. The van der Waals surface area contributed by atoms with Crippen LogP contribution in [0.15, 0.2) is 42.6 Å². The molecule has 0 radical (unpaired) electrons.